The molecule has 2 nitrogen and oxygen atoms in total. The van der Waals surface area contributed by atoms with Crippen LogP contribution in [0.5, 0.6) is 0 Å². The molecule has 54 valence electrons. The van der Waals surface area contributed by atoms with Crippen LogP contribution < -0.4 is 0 Å². The topological polar surface area (TPSA) is 29.5 Å². The van der Waals surface area contributed by atoms with Gasteiger partial charge in [-0.1, -0.05) is 26.0 Å². The van der Waals surface area contributed by atoms with Crippen LogP contribution in [-0.4, -0.2) is 11.9 Å². The van der Waals surface area contributed by atoms with Crippen LogP contribution in [0.25, 0.3) is 0 Å². The first-order valence-corrected chi connectivity index (χ1v) is 3.18. The molecule has 0 aliphatic heterocycles. The first-order valence-electron chi connectivity index (χ1n) is 3.18. The molecule has 9 heavy (non-hydrogen) atoms. The van der Waals surface area contributed by atoms with E-state index in [4.69, 9.17) is 5.26 Å². The minimum Gasteiger partial charge on any atom is -0.252 e. The van der Waals surface area contributed by atoms with Crippen molar-refractivity contribution in [3.63, 3.8) is 0 Å². The molecule has 0 heterocycles. The number of rotatable bonds is 4. The summed E-state index contributed by atoms with van der Waals surface area (Å²) < 4.78 is 0. The van der Waals surface area contributed by atoms with Crippen molar-refractivity contribution >= 4 is 0 Å². The second-order valence-electron chi connectivity index (χ2n) is 2.40. The second-order valence-corrected chi connectivity index (χ2v) is 2.40. The van der Waals surface area contributed by atoms with Gasteiger partial charge in [-0.3, -0.25) is 5.26 Å². The highest BCUT2D eigenvalue weighted by Crippen LogP contribution is 1.98. The first kappa shape index (κ1) is 8.66. The summed E-state index contributed by atoms with van der Waals surface area (Å²) in [7, 11) is 0. The summed E-state index contributed by atoms with van der Waals surface area (Å²) in [5.41, 5.74) is 0. The van der Waals surface area contributed by atoms with E-state index in [-0.39, 0.29) is 0 Å². The lowest BCUT2D eigenvalue weighted by Crippen LogP contribution is -1.84. The predicted octanol–water partition coefficient (Wildman–Crippen LogP) is 2.08. The molecule has 0 amide bonds. The molecule has 2 heteroatoms. The fourth-order valence-corrected chi connectivity index (χ4v) is 0.479. The molecule has 0 rings (SSSR count). The predicted molar refractivity (Wildman–Crippen MR) is 37.2 cm³/mol. The molecule has 0 bridgehead atoms. The molecule has 0 saturated carbocycles. The van der Waals surface area contributed by atoms with Gasteiger partial charge in [-0.05, 0) is 12.3 Å². The number of allylic oxidation sites excluding steroid dienone is 1. The Morgan fingerprint density at radius 2 is 2.11 bits per heavy atom. The largest absolute Gasteiger partial charge is 0.252 e. The maximum absolute atomic E-state index is 7.88. The molecule has 0 aromatic carbocycles. The maximum Gasteiger partial charge on any atom is 0.100 e. The monoisotopic (exact) mass is 130 g/mol. The van der Waals surface area contributed by atoms with E-state index in [1.165, 1.54) is 0 Å². The lowest BCUT2D eigenvalue weighted by atomic mass is 10.1. The van der Waals surface area contributed by atoms with Gasteiger partial charge in [0.25, 0.3) is 0 Å². The lowest BCUT2D eigenvalue weighted by molar-refractivity contribution is -0.231. The van der Waals surface area contributed by atoms with E-state index >= 15 is 0 Å². The third kappa shape index (κ3) is 7.66. The first-order chi connectivity index (χ1) is 4.27. The van der Waals surface area contributed by atoms with Crippen LogP contribution in [0.2, 0.25) is 0 Å². The normalized spacial score (nSPS) is 11.6. The van der Waals surface area contributed by atoms with Gasteiger partial charge in [0, 0.05) is 0 Å². The summed E-state index contributed by atoms with van der Waals surface area (Å²) in [4.78, 5) is 3.84. The van der Waals surface area contributed by atoms with Gasteiger partial charge in [-0.2, -0.15) is 0 Å². The molecular weight excluding hydrogens is 116 g/mol. The Labute approximate surface area is 56.1 Å². The van der Waals surface area contributed by atoms with Crippen LogP contribution in [0.15, 0.2) is 12.2 Å². The summed E-state index contributed by atoms with van der Waals surface area (Å²) in [5, 5.41) is 7.88. The van der Waals surface area contributed by atoms with Crippen molar-refractivity contribution in [2.45, 2.75) is 20.3 Å². The zero-order valence-corrected chi connectivity index (χ0v) is 6.00. The fourth-order valence-electron chi connectivity index (χ4n) is 0.479. The average molecular weight is 130 g/mol. The van der Waals surface area contributed by atoms with E-state index in [0.717, 1.165) is 6.42 Å². The third-order valence-electron chi connectivity index (χ3n) is 0.945. The van der Waals surface area contributed by atoms with Gasteiger partial charge in [0.2, 0.25) is 0 Å². The molecule has 1 N–H and O–H groups in total. The second kappa shape index (κ2) is 5.79. The summed E-state index contributed by atoms with van der Waals surface area (Å²) in [6, 6.07) is 0. The van der Waals surface area contributed by atoms with Crippen LogP contribution in [-0.2, 0) is 4.89 Å². The zero-order valence-electron chi connectivity index (χ0n) is 6.00. The number of hydrogen-bond donors (Lipinski definition) is 1. The molecule has 0 spiro atoms. The quantitative estimate of drug-likeness (QED) is 0.358. The molecule has 0 unspecified atom stereocenters. The molecule has 0 atom stereocenters. The van der Waals surface area contributed by atoms with E-state index < -0.39 is 0 Å². The van der Waals surface area contributed by atoms with Crippen molar-refractivity contribution in [1.29, 1.82) is 0 Å². The Morgan fingerprint density at radius 1 is 1.44 bits per heavy atom. The van der Waals surface area contributed by atoms with E-state index in [2.05, 4.69) is 18.7 Å². The summed E-state index contributed by atoms with van der Waals surface area (Å²) in [5.74, 6) is 0.681. The van der Waals surface area contributed by atoms with Crippen LogP contribution in [0.4, 0.5) is 0 Å². The van der Waals surface area contributed by atoms with Crippen molar-refractivity contribution in [2.24, 2.45) is 5.92 Å². The molecule has 0 aromatic rings. The van der Waals surface area contributed by atoms with Crippen molar-refractivity contribution in [2.75, 3.05) is 6.61 Å². The summed E-state index contributed by atoms with van der Waals surface area (Å²) in [6.45, 7) is 4.58. The van der Waals surface area contributed by atoms with Crippen LogP contribution in [0.3, 0.4) is 0 Å². The third-order valence-corrected chi connectivity index (χ3v) is 0.945. The molecule has 0 aliphatic carbocycles. The molecular formula is C7H14O2. The SMILES string of the molecule is CC(C)C/C=C/COO. The van der Waals surface area contributed by atoms with Gasteiger partial charge >= 0.3 is 0 Å². The minimum atomic E-state index is 0.298. The molecule has 0 radical (unpaired) electrons. The average Bonchev–Trinajstić information content (AvgIpc) is 1.80. The van der Waals surface area contributed by atoms with E-state index in [1.807, 2.05) is 6.08 Å². The Kier molecular flexibility index (Phi) is 5.57. The Hall–Kier alpha value is -0.340. The molecule has 0 saturated heterocycles. The van der Waals surface area contributed by atoms with Gasteiger partial charge in [0.1, 0.15) is 6.61 Å². The standard InChI is InChI=1S/C7H14O2/c1-7(2)5-3-4-6-9-8/h3-4,7-8H,5-6H2,1-2H3/b4-3+. The van der Waals surface area contributed by atoms with Crippen LogP contribution >= 0.6 is 0 Å². The fraction of sp³-hybridized carbons (Fsp3) is 0.714. The molecule has 0 aromatic heterocycles. The Morgan fingerprint density at radius 3 is 2.56 bits per heavy atom. The van der Waals surface area contributed by atoms with Gasteiger partial charge in [0.05, 0.1) is 0 Å². The van der Waals surface area contributed by atoms with E-state index in [9.17, 15) is 0 Å². The van der Waals surface area contributed by atoms with Crippen molar-refractivity contribution in [3.05, 3.63) is 12.2 Å². The summed E-state index contributed by atoms with van der Waals surface area (Å²) >= 11 is 0. The van der Waals surface area contributed by atoms with E-state index in [0.29, 0.717) is 12.5 Å². The number of hydrogen-bond acceptors (Lipinski definition) is 2. The smallest absolute Gasteiger partial charge is 0.100 e. The summed E-state index contributed by atoms with van der Waals surface area (Å²) in [6.07, 6.45) is 4.85. The lowest BCUT2D eigenvalue weighted by Gasteiger charge is -1.95. The highest BCUT2D eigenvalue weighted by atomic mass is 17.1. The van der Waals surface area contributed by atoms with Crippen molar-refractivity contribution in [1.82, 2.24) is 0 Å². The van der Waals surface area contributed by atoms with Gasteiger partial charge < -0.3 is 0 Å². The van der Waals surface area contributed by atoms with Gasteiger partial charge in [-0.15, -0.1) is 0 Å². The van der Waals surface area contributed by atoms with E-state index in [1.54, 1.807) is 6.08 Å². The maximum atomic E-state index is 7.88. The Balaban J connectivity index is 3.04. The van der Waals surface area contributed by atoms with Gasteiger partial charge in [0.15, 0.2) is 0 Å². The zero-order chi connectivity index (χ0) is 7.11. The molecule has 0 aliphatic rings. The minimum absolute atomic E-state index is 0.298. The van der Waals surface area contributed by atoms with Crippen LogP contribution in [0.1, 0.15) is 20.3 Å². The van der Waals surface area contributed by atoms with Crippen molar-refractivity contribution in [3.8, 4) is 0 Å². The highest BCUT2D eigenvalue weighted by molar-refractivity contribution is 4.81. The van der Waals surface area contributed by atoms with Crippen molar-refractivity contribution < 1.29 is 10.1 Å². The molecule has 0 fully saturated rings. The highest BCUT2D eigenvalue weighted by Gasteiger charge is 1.85. The Bertz CT molecular complexity index is 77.0. The van der Waals surface area contributed by atoms with Crippen LogP contribution in [0, 0.1) is 5.92 Å². The van der Waals surface area contributed by atoms with Gasteiger partial charge in [-0.25, -0.2) is 4.89 Å².